The summed E-state index contributed by atoms with van der Waals surface area (Å²) < 4.78 is 0. The van der Waals surface area contributed by atoms with Gasteiger partial charge in [-0.1, -0.05) is 6.07 Å². The zero-order valence-electron chi connectivity index (χ0n) is 12.2. The molecular weight excluding hydrogens is 262 g/mol. The van der Waals surface area contributed by atoms with Crippen LogP contribution in [0.1, 0.15) is 16.8 Å². The highest BCUT2D eigenvalue weighted by atomic mass is 15.2. The Morgan fingerprint density at radius 1 is 1.33 bits per heavy atom. The molecule has 0 amide bonds. The number of rotatable bonds is 2. The summed E-state index contributed by atoms with van der Waals surface area (Å²) in [6.07, 6.45) is 2.54. The van der Waals surface area contributed by atoms with Crippen LogP contribution in [0.3, 0.4) is 0 Å². The molecule has 5 heteroatoms. The average molecular weight is 279 g/mol. The van der Waals surface area contributed by atoms with E-state index in [0.29, 0.717) is 0 Å². The number of nitrogens with one attached hydrogen (secondary N) is 1. The SMILES string of the molecule is [C-]#[N+]c1ccc(N2CCc3c(ncnc3NC)C2)cc1C. The summed E-state index contributed by atoms with van der Waals surface area (Å²) >= 11 is 0. The molecule has 21 heavy (non-hydrogen) atoms. The molecule has 0 unspecified atom stereocenters. The molecule has 2 heterocycles. The van der Waals surface area contributed by atoms with E-state index in [0.717, 1.165) is 48.0 Å². The highest BCUT2D eigenvalue weighted by molar-refractivity contribution is 5.62. The lowest BCUT2D eigenvalue weighted by Crippen LogP contribution is -2.31. The maximum absolute atomic E-state index is 7.13. The van der Waals surface area contributed by atoms with E-state index >= 15 is 0 Å². The predicted octanol–water partition coefficient (Wildman–Crippen LogP) is 2.94. The van der Waals surface area contributed by atoms with Gasteiger partial charge in [0.15, 0.2) is 5.69 Å². The summed E-state index contributed by atoms with van der Waals surface area (Å²) in [7, 11) is 1.89. The Kier molecular flexibility index (Phi) is 3.44. The van der Waals surface area contributed by atoms with Gasteiger partial charge in [-0.3, -0.25) is 0 Å². The van der Waals surface area contributed by atoms with Gasteiger partial charge in [0, 0.05) is 24.8 Å². The van der Waals surface area contributed by atoms with E-state index in [2.05, 4.69) is 31.1 Å². The Hall–Kier alpha value is -2.61. The number of aromatic nitrogens is 2. The standard InChI is InChI=1S/C16H17N5/c1-11-8-12(4-5-14(11)17-2)21-7-6-13-15(9-21)19-10-20-16(13)18-3/h4-5,8,10H,6-7,9H2,1,3H3,(H,18,19,20). The van der Waals surface area contributed by atoms with Gasteiger partial charge in [-0.25, -0.2) is 14.8 Å². The van der Waals surface area contributed by atoms with Gasteiger partial charge >= 0.3 is 0 Å². The Morgan fingerprint density at radius 2 is 2.19 bits per heavy atom. The molecule has 0 fully saturated rings. The summed E-state index contributed by atoms with van der Waals surface area (Å²) in [6.45, 7) is 10.8. The van der Waals surface area contributed by atoms with Gasteiger partial charge in [0.1, 0.15) is 12.1 Å². The van der Waals surface area contributed by atoms with Gasteiger partial charge < -0.3 is 10.2 Å². The maximum Gasteiger partial charge on any atom is 0.190 e. The summed E-state index contributed by atoms with van der Waals surface area (Å²) in [4.78, 5) is 14.5. The normalized spacial score (nSPS) is 13.5. The monoisotopic (exact) mass is 279 g/mol. The first kappa shape index (κ1) is 13.4. The molecule has 0 saturated carbocycles. The smallest absolute Gasteiger partial charge is 0.190 e. The van der Waals surface area contributed by atoms with Crippen molar-refractivity contribution in [3.05, 3.63) is 52.8 Å². The summed E-state index contributed by atoms with van der Waals surface area (Å²) in [6, 6.07) is 6.00. The van der Waals surface area contributed by atoms with Crippen LogP contribution in [0.2, 0.25) is 0 Å². The number of hydrogen-bond donors (Lipinski definition) is 1. The summed E-state index contributed by atoms with van der Waals surface area (Å²) in [5.41, 5.74) is 5.18. The van der Waals surface area contributed by atoms with Crippen molar-refractivity contribution in [3.8, 4) is 0 Å². The highest BCUT2D eigenvalue weighted by Crippen LogP contribution is 2.29. The van der Waals surface area contributed by atoms with Crippen molar-refractivity contribution in [1.82, 2.24) is 9.97 Å². The fourth-order valence-corrected chi connectivity index (χ4v) is 2.75. The first-order valence-electron chi connectivity index (χ1n) is 6.96. The molecule has 1 aliphatic rings. The van der Waals surface area contributed by atoms with Crippen molar-refractivity contribution in [2.75, 3.05) is 23.8 Å². The minimum absolute atomic E-state index is 0.718. The number of nitrogens with zero attached hydrogens (tertiary/aromatic N) is 4. The zero-order chi connectivity index (χ0) is 14.8. The van der Waals surface area contributed by atoms with Gasteiger partial charge in [0.25, 0.3) is 0 Å². The van der Waals surface area contributed by atoms with Gasteiger partial charge in [0.2, 0.25) is 0 Å². The molecule has 0 spiro atoms. The molecule has 0 saturated heterocycles. The molecule has 5 nitrogen and oxygen atoms in total. The van der Waals surface area contributed by atoms with Crippen molar-refractivity contribution < 1.29 is 0 Å². The summed E-state index contributed by atoms with van der Waals surface area (Å²) in [5, 5.41) is 3.13. The largest absolute Gasteiger partial charge is 0.373 e. The lowest BCUT2D eigenvalue weighted by Gasteiger charge is -2.31. The van der Waals surface area contributed by atoms with Crippen LogP contribution in [0.5, 0.6) is 0 Å². The van der Waals surface area contributed by atoms with Crippen molar-refractivity contribution in [2.45, 2.75) is 19.9 Å². The Labute approximate surface area is 124 Å². The third-order valence-corrected chi connectivity index (χ3v) is 3.91. The van der Waals surface area contributed by atoms with Gasteiger partial charge in [-0.2, -0.15) is 0 Å². The van der Waals surface area contributed by atoms with E-state index in [1.165, 1.54) is 5.56 Å². The second kappa shape index (κ2) is 5.41. The number of fused-ring (bicyclic) bond motifs is 1. The van der Waals surface area contributed by atoms with Crippen LogP contribution in [0.4, 0.5) is 17.2 Å². The number of anilines is 2. The van der Waals surface area contributed by atoms with E-state index in [4.69, 9.17) is 6.57 Å². The van der Waals surface area contributed by atoms with Gasteiger partial charge in [-0.15, -0.1) is 0 Å². The van der Waals surface area contributed by atoms with Crippen molar-refractivity contribution in [1.29, 1.82) is 0 Å². The van der Waals surface area contributed by atoms with Crippen molar-refractivity contribution in [2.24, 2.45) is 0 Å². The third kappa shape index (κ3) is 2.40. The molecule has 2 aromatic rings. The predicted molar refractivity (Wildman–Crippen MR) is 83.8 cm³/mol. The fourth-order valence-electron chi connectivity index (χ4n) is 2.75. The van der Waals surface area contributed by atoms with Crippen LogP contribution in [0.15, 0.2) is 24.5 Å². The van der Waals surface area contributed by atoms with Crippen LogP contribution in [0.25, 0.3) is 4.85 Å². The lowest BCUT2D eigenvalue weighted by molar-refractivity contribution is 0.705. The Balaban J connectivity index is 1.90. The van der Waals surface area contributed by atoms with Crippen LogP contribution < -0.4 is 10.2 Å². The third-order valence-electron chi connectivity index (χ3n) is 3.91. The second-order valence-electron chi connectivity index (χ2n) is 5.15. The van der Waals surface area contributed by atoms with Crippen LogP contribution >= 0.6 is 0 Å². The fraction of sp³-hybridized carbons (Fsp3) is 0.312. The Bertz CT molecular complexity index is 717. The number of hydrogen-bond acceptors (Lipinski definition) is 4. The number of benzene rings is 1. The molecule has 1 aromatic carbocycles. The molecule has 106 valence electrons. The van der Waals surface area contributed by atoms with Crippen LogP contribution in [-0.2, 0) is 13.0 Å². The second-order valence-corrected chi connectivity index (χ2v) is 5.15. The molecule has 0 atom stereocenters. The molecule has 0 radical (unpaired) electrons. The first-order chi connectivity index (χ1) is 10.2. The van der Waals surface area contributed by atoms with E-state index < -0.39 is 0 Å². The molecule has 0 aliphatic carbocycles. The van der Waals surface area contributed by atoms with Crippen LogP contribution in [-0.4, -0.2) is 23.6 Å². The minimum Gasteiger partial charge on any atom is -0.373 e. The van der Waals surface area contributed by atoms with Crippen molar-refractivity contribution >= 4 is 17.2 Å². The molecule has 1 aliphatic heterocycles. The van der Waals surface area contributed by atoms with Gasteiger partial charge in [-0.05, 0) is 31.0 Å². The lowest BCUT2D eigenvalue weighted by atomic mass is 10.0. The minimum atomic E-state index is 0.718. The molecule has 1 N–H and O–H groups in total. The van der Waals surface area contributed by atoms with Crippen LogP contribution in [0, 0.1) is 13.5 Å². The molecular formula is C16H17N5. The zero-order valence-corrected chi connectivity index (χ0v) is 12.2. The Morgan fingerprint density at radius 3 is 2.90 bits per heavy atom. The van der Waals surface area contributed by atoms with E-state index in [-0.39, 0.29) is 0 Å². The van der Waals surface area contributed by atoms with E-state index in [1.807, 2.05) is 26.1 Å². The first-order valence-corrected chi connectivity index (χ1v) is 6.96. The maximum atomic E-state index is 7.13. The quantitative estimate of drug-likeness (QED) is 0.859. The highest BCUT2D eigenvalue weighted by Gasteiger charge is 2.20. The number of aryl methyl sites for hydroxylation is 1. The molecule has 1 aromatic heterocycles. The van der Waals surface area contributed by atoms with Gasteiger partial charge in [0.05, 0.1) is 18.8 Å². The average Bonchev–Trinajstić information content (AvgIpc) is 2.53. The van der Waals surface area contributed by atoms with E-state index in [9.17, 15) is 0 Å². The summed E-state index contributed by atoms with van der Waals surface area (Å²) in [5.74, 6) is 0.930. The van der Waals surface area contributed by atoms with E-state index in [1.54, 1.807) is 6.33 Å². The van der Waals surface area contributed by atoms with Crippen molar-refractivity contribution in [3.63, 3.8) is 0 Å². The topological polar surface area (TPSA) is 45.4 Å². The molecule has 3 rings (SSSR count). The molecule has 0 bridgehead atoms.